The zero-order valence-electron chi connectivity index (χ0n) is 24.5. The van der Waals surface area contributed by atoms with E-state index in [1.807, 2.05) is 35.2 Å². The summed E-state index contributed by atoms with van der Waals surface area (Å²) in [4.78, 5) is 43.7. The van der Waals surface area contributed by atoms with Gasteiger partial charge in [-0.25, -0.2) is 4.79 Å². The van der Waals surface area contributed by atoms with E-state index in [2.05, 4.69) is 24.3 Å². The Balaban J connectivity index is 1.31. The highest BCUT2D eigenvalue weighted by Crippen LogP contribution is 2.39. The van der Waals surface area contributed by atoms with Gasteiger partial charge in [0, 0.05) is 36.7 Å². The Labute approximate surface area is 263 Å². The van der Waals surface area contributed by atoms with Gasteiger partial charge >= 0.3 is 5.97 Å². The molecule has 5 rings (SSSR count). The normalized spacial score (nSPS) is 17.8. The van der Waals surface area contributed by atoms with Gasteiger partial charge in [0.1, 0.15) is 0 Å². The van der Waals surface area contributed by atoms with Crippen molar-refractivity contribution in [1.82, 2.24) is 9.80 Å². The van der Waals surface area contributed by atoms with Crippen molar-refractivity contribution in [2.75, 3.05) is 19.7 Å². The van der Waals surface area contributed by atoms with Gasteiger partial charge in [0.25, 0.3) is 5.91 Å². The van der Waals surface area contributed by atoms with E-state index in [0.717, 1.165) is 43.5 Å². The number of amides is 2. The minimum absolute atomic E-state index is 0.00383. The summed E-state index contributed by atoms with van der Waals surface area (Å²) < 4.78 is 5.41. The van der Waals surface area contributed by atoms with Crippen molar-refractivity contribution >= 4 is 41.0 Å². The molecule has 1 unspecified atom stereocenters. The minimum Gasteiger partial charge on any atom is -0.463 e. The van der Waals surface area contributed by atoms with Crippen LogP contribution in [0.5, 0.6) is 0 Å². The lowest BCUT2D eigenvalue weighted by atomic mass is 9.83. The maximum atomic E-state index is 13.5. The number of esters is 1. The van der Waals surface area contributed by atoms with Gasteiger partial charge in [-0.2, -0.15) is 0 Å². The number of carbonyl (C=O) groups excluding carboxylic acids is 3. The number of hydrogen-bond acceptors (Lipinski definition) is 4. The van der Waals surface area contributed by atoms with Crippen molar-refractivity contribution in [3.8, 4) is 0 Å². The molecule has 0 bridgehead atoms. The first-order valence-corrected chi connectivity index (χ1v) is 15.6. The number of carbonyl (C=O) groups is 3. The summed E-state index contributed by atoms with van der Waals surface area (Å²) in [7, 11) is 0. The number of allylic oxidation sites excluding steroid dienone is 1. The first-order chi connectivity index (χ1) is 20.7. The quantitative estimate of drug-likeness (QED) is 0.246. The molecule has 0 radical (unpaired) electrons. The van der Waals surface area contributed by atoms with E-state index in [0.29, 0.717) is 32.8 Å². The molecule has 224 valence electrons. The van der Waals surface area contributed by atoms with Gasteiger partial charge in [-0.05, 0) is 80.0 Å². The summed E-state index contributed by atoms with van der Waals surface area (Å²) in [6.45, 7) is 5.43. The lowest BCUT2D eigenvalue weighted by molar-refractivity contribution is -0.140. The van der Waals surface area contributed by atoms with Crippen LogP contribution < -0.4 is 0 Å². The molecule has 3 aromatic carbocycles. The Kier molecular flexibility index (Phi) is 9.89. The van der Waals surface area contributed by atoms with Crippen LogP contribution in [0.1, 0.15) is 66.1 Å². The monoisotopic (exact) mass is 618 g/mol. The molecule has 0 aliphatic carbocycles. The fraction of sp³-hybridized carbons (Fsp3) is 0.343. The Hall–Kier alpha value is -3.61. The fourth-order valence-electron chi connectivity index (χ4n) is 6.15. The minimum atomic E-state index is -0.504. The molecule has 0 aromatic heterocycles. The highest BCUT2D eigenvalue weighted by atomic mass is 35.5. The summed E-state index contributed by atoms with van der Waals surface area (Å²) >= 11 is 12.4. The maximum Gasteiger partial charge on any atom is 0.336 e. The molecule has 3 aromatic rings. The van der Waals surface area contributed by atoms with Crippen LogP contribution in [-0.2, 0) is 27.3 Å². The van der Waals surface area contributed by atoms with Gasteiger partial charge in [-0.1, -0.05) is 71.7 Å². The number of piperidine rings is 1. The first kappa shape index (κ1) is 30.8. The molecule has 1 atom stereocenters. The van der Waals surface area contributed by atoms with E-state index in [-0.39, 0.29) is 31.4 Å². The molecular weight excluding hydrogens is 583 g/mol. The Bertz CT molecular complexity index is 1530. The second-order valence-corrected chi connectivity index (χ2v) is 12.1. The van der Waals surface area contributed by atoms with Crippen LogP contribution in [0.15, 0.2) is 84.1 Å². The smallest absolute Gasteiger partial charge is 0.336 e. The number of benzene rings is 3. The molecule has 1 fully saturated rings. The summed E-state index contributed by atoms with van der Waals surface area (Å²) in [6, 6.07) is 23.1. The van der Waals surface area contributed by atoms with Crippen molar-refractivity contribution in [1.29, 1.82) is 0 Å². The van der Waals surface area contributed by atoms with Gasteiger partial charge in [0.05, 0.1) is 28.8 Å². The molecule has 8 heteroatoms. The third kappa shape index (κ3) is 7.14. The molecular formula is C35H36Cl2N2O4. The van der Waals surface area contributed by atoms with Crippen molar-refractivity contribution < 1.29 is 19.1 Å². The molecule has 2 heterocycles. The van der Waals surface area contributed by atoms with E-state index in [9.17, 15) is 14.4 Å². The second-order valence-electron chi connectivity index (χ2n) is 11.3. The number of rotatable bonds is 8. The fourth-order valence-corrected chi connectivity index (χ4v) is 6.45. The predicted octanol–water partition coefficient (Wildman–Crippen LogP) is 7.44. The van der Waals surface area contributed by atoms with Crippen LogP contribution >= 0.6 is 23.2 Å². The van der Waals surface area contributed by atoms with Crippen molar-refractivity contribution in [2.45, 2.75) is 52.0 Å². The Morgan fingerprint density at radius 3 is 2.33 bits per heavy atom. The molecule has 0 N–H and O–H groups in total. The predicted molar refractivity (Wildman–Crippen MR) is 169 cm³/mol. The number of hydrogen-bond donors (Lipinski definition) is 0. The zero-order chi connectivity index (χ0) is 30.5. The van der Waals surface area contributed by atoms with Crippen LogP contribution in [-0.4, -0.2) is 47.3 Å². The van der Waals surface area contributed by atoms with E-state index in [1.54, 1.807) is 36.9 Å². The highest BCUT2D eigenvalue weighted by molar-refractivity contribution is 6.42. The maximum absolute atomic E-state index is 13.5. The molecule has 1 saturated heterocycles. The molecule has 2 aliphatic heterocycles. The standard InChI is InChI=1S/C35H36Cl2N2O4/c1-3-43-35(42)33-23(2)39(32(40)21-29(33)27-12-13-30(36)31(37)20-27)22-26-10-7-11-28(19-26)34(41)38-16-14-25(15-17-38)18-24-8-5-4-6-9-24/h4-13,19-20,25,29H,3,14-18,21-22H2,1-2H3. The van der Waals surface area contributed by atoms with Gasteiger partial charge in [-0.15, -0.1) is 0 Å². The third-order valence-electron chi connectivity index (χ3n) is 8.45. The first-order valence-electron chi connectivity index (χ1n) is 14.8. The van der Waals surface area contributed by atoms with Gasteiger partial charge in [0.2, 0.25) is 5.91 Å². The van der Waals surface area contributed by atoms with Gasteiger partial charge in [-0.3, -0.25) is 9.59 Å². The zero-order valence-corrected chi connectivity index (χ0v) is 26.0. The lowest BCUT2D eigenvalue weighted by Gasteiger charge is -2.35. The summed E-state index contributed by atoms with van der Waals surface area (Å²) in [5, 5.41) is 0.760. The summed E-state index contributed by atoms with van der Waals surface area (Å²) in [5.74, 6) is -0.523. The second kappa shape index (κ2) is 13.8. The highest BCUT2D eigenvalue weighted by Gasteiger charge is 2.37. The molecule has 0 saturated carbocycles. The molecule has 0 spiro atoms. The van der Waals surface area contributed by atoms with Crippen molar-refractivity contribution in [3.63, 3.8) is 0 Å². The van der Waals surface area contributed by atoms with Crippen molar-refractivity contribution in [2.24, 2.45) is 5.92 Å². The molecule has 6 nitrogen and oxygen atoms in total. The van der Waals surface area contributed by atoms with Crippen LogP contribution in [0.3, 0.4) is 0 Å². The lowest BCUT2D eigenvalue weighted by Crippen LogP contribution is -2.39. The topological polar surface area (TPSA) is 66.9 Å². The van der Waals surface area contributed by atoms with Crippen LogP contribution in [0, 0.1) is 5.92 Å². The molecule has 2 amide bonds. The van der Waals surface area contributed by atoms with Crippen LogP contribution in [0.4, 0.5) is 0 Å². The Morgan fingerprint density at radius 1 is 0.907 bits per heavy atom. The number of nitrogens with zero attached hydrogens (tertiary/aromatic N) is 2. The third-order valence-corrected chi connectivity index (χ3v) is 9.19. The van der Waals surface area contributed by atoms with E-state index in [1.165, 1.54) is 5.56 Å². The average Bonchev–Trinajstić information content (AvgIpc) is 3.01. The van der Waals surface area contributed by atoms with Gasteiger partial charge < -0.3 is 14.5 Å². The van der Waals surface area contributed by atoms with Crippen molar-refractivity contribution in [3.05, 3.63) is 116 Å². The SMILES string of the molecule is CCOC(=O)C1=C(C)N(Cc2cccc(C(=O)N3CCC(Cc4ccccc4)CC3)c2)C(=O)CC1c1ccc(Cl)c(Cl)c1. The number of ether oxygens (including phenoxy) is 1. The van der Waals surface area contributed by atoms with Gasteiger partial charge in [0.15, 0.2) is 0 Å². The Morgan fingerprint density at radius 2 is 1.63 bits per heavy atom. The molecule has 2 aliphatic rings. The largest absolute Gasteiger partial charge is 0.463 e. The van der Waals surface area contributed by atoms with E-state index >= 15 is 0 Å². The average molecular weight is 620 g/mol. The number of likely N-dealkylation sites (tertiary alicyclic amines) is 1. The number of halogens is 2. The van der Waals surface area contributed by atoms with Crippen LogP contribution in [0.2, 0.25) is 10.0 Å². The van der Waals surface area contributed by atoms with E-state index in [4.69, 9.17) is 27.9 Å². The summed E-state index contributed by atoms with van der Waals surface area (Å²) in [5.41, 5.74) is 4.43. The van der Waals surface area contributed by atoms with E-state index < -0.39 is 11.9 Å². The molecule has 43 heavy (non-hydrogen) atoms. The van der Waals surface area contributed by atoms with Crippen LogP contribution in [0.25, 0.3) is 0 Å². The summed E-state index contributed by atoms with van der Waals surface area (Å²) in [6.07, 6.45) is 3.07.